The molecular formula is C14H23NO7. The molecule has 0 spiro atoms. The van der Waals surface area contributed by atoms with E-state index >= 15 is 0 Å². The average Bonchev–Trinajstić information content (AvgIpc) is 3.01. The molecule has 0 bridgehead atoms. The average molecular weight is 317 g/mol. The molecule has 8 heteroatoms. The Balaban J connectivity index is 1.88. The standard InChI is InChI=1S/C14H23NO7/c1-12(2)18-6-7(19-12)8-9-10(22-13(3,4)20-9)14(15,21-8)11(16)17-5/h7-10H,6,15H2,1-5H3/t7-,8+,9-,10-,14?/m0/s1. The Morgan fingerprint density at radius 1 is 1.05 bits per heavy atom. The van der Waals surface area contributed by atoms with E-state index in [0.717, 1.165) is 0 Å². The molecule has 0 aliphatic carbocycles. The second kappa shape index (κ2) is 4.86. The maximum atomic E-state index is 12.1. The van der Waals surface area contributed by atoms with Crippen molar-refractivity contribution in [3.63, 3.8) is 0 Å². The van der Waals surface area contributed by atoms with Gasteiger partial charge in [0.2, 0.25) is 5.72 Å². The summed E-state index contributed by atoms with van der Waals surface area (Å²) in [4.78, 5) is 12.1. The number of carbonyl (C=O) groups is 1. The van der Waals surface area contributed by atoms with E-state index in [9.17, 15) is 4.79 Å². The summed E-state index contributed by atoms with van der Waals surface area (Å²) in [6.45, 7) is 7.46. The van der Waals surface area contributed by atoms with Crippen LogP contribution in [0, 0.1) is 0 Å². The van der Waals surface area contributed by atoms with Gasteiger partial charge in [-0.1, -0.05) is 0 Å². The molecule has 0 aromatic rings. The molecule has 5 atom stereocenters. The van der Waals surface area contributed by atoms with Crippen molar-refractivity contribution in [3.05, 3.63) is 0 Å². The van der Waals surface area contributed by atoms with Crippen molar-refractivity contribution in [2.24, 2.45) is 5.73 Å². The quantitative estimate of drug-likeness (QED) is 0.704. The van der Waals surface area contributed by atoms with Crippen molar-refractivity contribution in [1.82, 2.24) is 0 Å². The van der Waals surface area contributed by atoms with Gasteiger partial charge < -0.3 is 28.4 Å². The van der Waals surface area contributed by atoms with E-state index in [2.05, 4.69) is 0 Å². The zero-order chi connectivity index (χ0) is 16.3. The van der Waals surface area contributed by atoms with Crippen LogP contribution in [0.4, 0.5) is 0 Å². The molecule has 1 unspecified atom stereocenters. The SMILES string of the molecule is COC(=O)C1(N)O[C@H]([C@@H]2COC(C)(C)O2)[C@@H]2OC(C)(C)O[C@@H]21. The van der Waals surface area contributed by atoms with E-state index in [0.29, 0.717) is 6.61 Å². The summed E-state index contributed by atoms with van der Waals surface area (Å²) in [5.74, 6) is -2.29. The summed E-state index contributed by atoms with van der Waals surface area (Å²) in [7, 11) is 1.25. The normalized spacial score (nSPS) is 45.7. The van der Waals surface area contributed by atoms with Crippen LogP contribution in [0.5, 0.6) is 0 Å². The first-order valence-corrected chi connectivity index (χ1v) is 7.30. The first kappa shape index (κ1) is 16.1. The highest BCUT2D eigenvalue weighted by molar-refractivity contribution is 5.80. The Hall–Kier alpha value is -0.770. The summed E-state index contributed by atoms with van der Waals surface area (Å²) in [6.07, 6.45) is -2.30. The van der Waals surface area contributed by atoms with Crippen molar-refractivity contribution in [2.45, 2.75) is 69.4 Å². The minimum absolute atomic E-state index is 0.321. The van der Waals surface area contributed by atoms with Gasteiger partial charge in [0.05, 0.1) is 13.7 Å². The number of hydrogen-bond donors (Lipinski definition) is 1. The predicted molar refractivity (Wildman–Crippen MR) is 72.5 cm³/mol. The van der Waals surface area contributed by atoms with E-state index in [-0.39, 0.29) is 0 Å². The lowest BCUT2D eigenvalue weighted by Crippen LogP contribution is -2.58. The number of fused-ring (bicyclic) bond motifs is 1. The van der Waals surface area contributed by atoms with Gasteiger partial charge in [-0.2, -0.15) is 0 Å². The molecular weight excluding hydrogens is 294 g/mol. The van der Waals surface area contributed by atoms with Crippen LogP contribution < -0.4 is 5.73 Å². The number of esters is 1. The molecule has 0 amide bonds. The Kier molecular flexibility index (Phi) is 3.56. The number of hydrogen-bond acceptors (Lipinski definition) is 8. The first-order chi connectivity index (χ1) is 10.1. The molecule has 3 aliphatic rings. The predicted octanol–water partition coefficient (Wildman–Crippen LogP) is -0.115. The third-order valence-corrected chi connectivity index (χ3v) is 4.11. The monoisotopic (exact) mass is 317 g/mol. The number of ether oxygens (including phenoxy) is 6. The van der Waals surface area contributed by atoms with Crippen LogP contribution in [0.15, 0.2) is 0 Å². The topological polar surface area (TPSA) is 98.5 Å². The first-order valence-electron chi connectivity index (χ1n) is 7.30. The zero-order valence-electron chi connectivity index (χ0n) is 13.5. The molecule has 0 aromatic heterocycles. The molecule has 3 saturated heterocycles. The molecule has 3 heterocycles. The largest absolute Gasteiger partial charge is 0.466 e. The summed E-state index contributed by atoms with van der Waals surface area (Å²) in [5, 5.41) is 0. The van der Waals surface area contributed by atoms with Crippen LogP contribution in [0.3, 0.4) is 0 Å². The van der Waals surface area contributed by atoms with Crippen LogP contribution in [0.2, 0.25) is 0 Å². The fraction of sp³-hybridized carbons (Fsp3) is 0.929. The number of carbonyl (C=O) groups excluding carboxylic acids is 1. The molecule has 0 radical (unpaired) electrons. The van der Waals surface area contributed by atoms with Gasteiger partial charge in [0.25, 0.3) is 0 Å². The van der Waals surface area contributed by atoms with Crippen molar-refractivity contribution < 1.29 is 33.2 Å². The van der Waals surface area contributed by atoms with Crippen molar-refractivity contribution in [3.8, 4) is 0 Å². The minimum Gasteiger partial charge on any atom is -0.466 e. The highest BCUT2D eigenvalue weighted by Gasteiger charge is 2.67. The second-order valence-corrected chi connectivity index (χ2v) is 6.76. The van der Waals surface area contributed by atoms with E-state index in [1.165, 1.54) is 7.11 Å². The Morgan fingerprint density at radius 3 is 2.27 bits per heavy atom. The lowest BCUT2D eigenvalue weighted by atomic mass is 10.0. The second-order valence-electron chi connectivity index (χ2n) is 6.76. The van der Waals surface area contributed by atoms with Gasteiger partial charge in [0.1, 0.15) is 24.4 Å². The summed E-state index contributed by atoms with van der Waals surface area (Å²) < 4.78 is 33.6. The fourth-order valence-electron chi connectivity index (χ4n) is 3.21. The zero-order valence-corrected chi connectivity index (χ0v) is 13.5. The molecule has 22 heavy (non-hydrogen) atoms. The van der Waals surface area contributed by atoms with Crippen molar-refractivity contribution in [1.29, 1.82) is 0 Å². The van der Waals surface area contributed by atoms with Gasteiger partial charge in [0, 0.05) is 0 Å². The highest BCUT2D eigenvalue weighted by atomic mass is 16.8. The Labute approximate surface area is 129 Å². The molecule has 0 saturated carbocycles. The molecule has 2 N–H and O–H groups in total. The minimum atomic E-state index is -1.73. The van der Waals surface area contributed by atoms with E-state index < -0.39 is 47.7 Å². The van der Waals surface area contributed by atoms with Gasteiger partial charge in [-0.05, 0) is 27.7 Å². The van der Waals surface area contributed by atoms with Crippen LogP contribution >= 0.6 is 0 Å². The third kappa shape index (κ3) is 2.44. The van der Waals surface area contributed by atoms with Crippen LogP contribution in [-0.4, -0.2) is 61.4 Å². The summed E-state index contributed by atoms with van der Waals surface area (Å²) in [6, 6.07) is 0. The molecule has 0 aromatic carbocycles. The van der Waals surface area contributed by atoms with Gasteiger partial charge in [-0.3, -0.25) is 5.73 Å². The number of nitrogens with two attached hydrogens (primary N) is 1. The van der Waals surface area contributed by atoms with E-state index in [4.69, 9.17) is 34.2 Å². The summed E-state index contributed by atoms with van der Waals surface area (Å²) in [5.41, 5.74) is 4.42. The maximum Gasteiger partial charge on any atom is 0.356 e. The maximum absolute atomic E-state index is 12.1. The van der Waals surface area contributed by atoms with Crippen LogP contribution in [0.1, 0.15) is 27.7 Å². The molecule has 8 nitrogen and oxygen atoms in total. The number of rotatable bonds is 2. The molecule has 3 aliphatic heterocycles. The molecule has 3 rings (SSSR count). The smallest absolute Gasteiger partial charge is 0.356 e. The van der Waals surface area contributed by atoms with Crippen LogP contribution in [-0.2, 0) is 33.2 Å². The third-order valence-electron chi connectivity index (χ3n) is 4.11. The van der Waals surface area contributed by atoms with Gasteiger partial charge in [0.15, 0.2) is 11.6 Å². The highest BCUT2D eigenvalue weighted by Crippen LogP contribution is 2.45. The van der Waals surface area contributed by atoms with Gasteiger partial charge in [-0.25, -0.2) is 4.79 Å². The summed E-state index contributed by atoms with van der Waals surface area (Å²) >= 11 is 0. The van der Waals surface area contributed by atoms with Crippen LogP contribution in [0.25, 0.3) is 0 Å². The van der Waals surface area contributed by atoms with Gasteiger partial charge >= 0.3 is 5.97 Å². The molecule has 126 valence electrons. The Bertz CT molecular complexity index is 480. The van der Waals surface area contributed by atoms with Crippen molar-refractivity contribution >= 4 is 5.97 Å². The lowest BCUT2D eigenvalue weighted by molar-refractivity contribution is -0.230. The van der Waals surface area contributed by atoms with Gasteiger partial charge in [-0.15, -0.1) is 0 Å². The number of methoxy groups -OCH3 is 1. The Morgan fingerprint density at radius 2 is 1.73 bits per heavy atom. The fourth-order valence-corrected chi connectivity index (χ4v) is 3.21. The van der Waals surface area contributed by atoms with E-state index in [1.54, 1.807) is 13.8 Å². The van der Waals surface area contributed by atoms with Crippen molar-refractivity contribution in [2.75, 3.05) is 13.7 Å². The van der Waals surface area contributed by atoms with E-state index in [1.807, 2.05) is 13.8 Å². The molecule has 3 fully saturated rings. The lowest BCUT2D eigenvalue weighted by Gasteiger charge is -2.30.